The number of nitrogens with one attached hydrogen (secondary N) is 5. The number of sulfonamides is 1. The fourth-order valence-corrected chi connectivity index (χ4v) is 6.94. The van der Waals surface area contributed by atoms with Crippen molar-refractivity contribution in [3.8, 4) is 35.5 Å². The Morgan fingerprint density at radius 2 is 1.58 bits per heavy atom. The summed E-state index contributed by atoms with van der Waals surface area (Å²) in [5.41, 5.74) is -0.291. The molecule has 0 aliphatic carbocycles. The second-order valence-corrected chi connectivity index (χ2v) is 23.7. The highest BCUT2D eigenvalue weighted by Gasteiger charge is 2.28. The summed E-state index contributed by atoms with van der Waals surface area (Å²) in [5, 5.41) is 22.5. The third kappa shape index (κ3) is 26.2. The molecule has 0 aliphatic rings. The van der Waals surface area contributed by atoms with Crippen molar-refractivity contribution >= 4 is 99.1 Å². The molecule has 1 atom stereocenters. The largest absolute Gasteiger partial charge is 0.778 e. The van der Waals surface area contributed by atoms with Crippen LogP contribution in [0.15, 0.2) is 50.8 Å². The van der Waals surface area contributed by atoms with Crippen molar-refractivity contribution < 1.29 is 60.9 Å². The SMILES string of the molecule is C#CCOc1cc(-n2nc(C(C)(C)C)oc2=O)c(Cl)cc1Cl.CCNc1nc(Cl)nc(NC(C)C)n1.COc1cc(OC)nc(NC(=O)NS(=O)(=O)c2ncccc2C(=O)N(C)C)n1.C[S+](C)C.O=C(O)CNCP(=O)([O-])O. The Labute approximate surface area is 468 Å². The molecular formula is C44H62Cl3N14O14PS2. The van der Waals surface area contributed by atoms with Gasteiger partial charge in [-0.05, 0) is 61.5 Å². The first-order valence-electron chi connectivity index (χ1n) is 22.2. The molecule has 28 nitrogen and oxygen atoms in total. The topological polar surface area (TPSA) is 382 Å². The molecule has 4 aromatic heterocycles. The lowest BCUT2D eigenvalue weighted by molar-refractivity contribution is -0.193. The van der Waals surface area contributed by atoms with E-state index >= 15 is 0 Å². The lowest BCUT2D eigenvalue weighted by Crippen LogP contribution is -2.36. The highest BCUT2D eigenvalue weighted by molar-refractivity contribution is 7.94. The number of carbonyl (C=O) groups excluding carboxylic acids is 2. The number of aromatic nitrogens is 8. The van der Waals surface area contributed by atoms with Crippen LogP contribution in [0.3, 0.4) is 0 Å². The fraction of sp³-hybridized carbons (Fsp3) is 0.432. The summed E-state index contributed by atoms with van der Waals surface area (Å²) >= 11 is 17.9. The molecular weight excluding hydrogens is 1150 g/mol. The smallest absolute Gasteiger partial charge is 0.442 e. The van der Waals surface area contributed by atoms with Crippen LogP contribution >= 0.6 is 42.4 Å². The number of amides is 3. The molecule has 430 valence electrons. The van der Waals surface area contributed by atoms with Crippen molar-refractivity contribution in [3.05, 3.63) is 73.9 Å². The normalized spacial score (nSPS) is 11.4. The van der Waals surface area contributed by atoms with E-state index in [0.29, 0.717) is 40.1 Å². The van der Waals surface area contributed by atoms with Crippen molar-refractivity contribution in [2.75, 3.05) is 89.0 Å². The van der Waals surface area contributed by atoms with Crippen LogP contribution in [0.5, 0.6) is 17.5 Å². The monoisotopic (exact) mass is 1210 g/mol. The number of nitrogens with zero attached hydrogens (tertiary/aromatic N) is 9. The van der Waals surface area contributed by atoms with Gasteiger partial charge in [0.2, 0.25) is 40.8 Å². The first-order chi connectivity index (χ1) is 36.2. The van der Waals surface area contributed by atoms with Gasteiger partial charge in [0.1, 0.15) is 20.0 Å². The first kappa shape index (κ1) is 69.5. The number of urea groups is 1. The van der Waals surface area contributed by atoms with Crippen molar-refractivity contribution in [1.82, 2.24) is 54.6 Å². The average Bonchev–Trinajstić information content (AvgIpc) is 3.72. The van der Waals surface area contributed by atoms with E-state index in [1.54, 1.807) is 4.72 Å². The molecule has 1 aromatic carbocycles. The minimum Gasteiger partial charge on any atom is -0.778 e. The molecule has 0 aliphatic heterocycles. The van der Waals surface area contributed by atoms with Crippen LogP contribution in [-0.2, 0) is 35.7 Å². The number of aliphatic carboxylic acids is 1. The van der Waals surface area contributed by atoms with E-state index < -0.39 is 64.6 Å². The standard InChI is InChI=1S/C15H14Cl2N2O3.C15H18N6O6S.C8H14ClN5.C3H8NO5P.C3H9S/c1-5-6-21-12-8-11(9(16)7-10(12)17)19-14(20)22-13(18-19)15(2,3)4;1-21(2)13(22)9-6-5-7-16-12(9)28(24,25)20-15(23)19-14-17-10(26-3)8-11(18-14)27-4;1-4-10-7-12-6(9)13-8(14-7)11-5(2)3;5-3(6)1-4-2-10(7,8)9;1-4(2)3/h1,7-8H,6H2,2-4H3;5-8H,1-4H3,(H2,17,18,19,20,23);5H,4H2,1-3H3,(H2,10,11,12,13,14);4H,1-2H2,(H,5,6)(H2,7,8,9);1-3H3/q;;;;+1/p-1. The van der Waals surface area contributed by atoms with Crippen molar-refractivity contribution in [2.45, 2.75) is 58.0 Å². The number of carboxylic acid groups (broad SMARTS) is 1. The molecule has 5 rings (SSSR count). The predicted molar refractivity (Wildman–Crippen MR) is 295 cm³/mol. The van der Waals surface area contributed by atoms with Crippen molar-refractivity contribution in [3.63, 3.8) is 0 Å². The van der Waals surface area contributed by atoms with E-state index in [0.717, 1.165) is 11.2 Å². The molecule has 0 bridgehead atoms. The van der Waals surface area contributed by atoms with Gasteiger partial charge in [-0.15, -0.1) is 11.5 Å². The number of ether oxygens (including phenoxy) is 3. The summed E-state index contributed by atoms with van der Waals surface area (Å²) < 4.78 is 58.2. The number of pyridine rings is 1. The minimum atomic E-state index is -4.46. The Morgan fingerprint density at radius 1 is 0.987 bits per heavy atom. The molecule has 0 saturated carbocycles. The Balaban J connectivity index is 0.000000539. The minimum absolute atomic E-state index is 0.0434. The number of terminal acetylenes is 1. The van der Waals surface area contributed by atoms with Gasteiger partial charge >= 0.3 is 17.8 Å². The molecule has 4 heterocycles. The number of hydrogen-bond acceptors (Lipinski definition) is 22. The average molecular weight is 1210 g/mol. The Kier molecular flexibility index (Phi) is 29.4. The van der Waals surface area contributed by atoms with Gasteiger partial charge in [0.05, 0.1) is 73.2 Å². The maximum absolute atomic E-state index is 12.5. The maximum Gasteiger partial charge on any atom is 0.442 e. The summed E-state index contributed by atoms with van der Waals surface area (Å²) in [6.07, 6.45) is 12.2. The van der Waals surface area contributed by atoms with Crippen LogP contribution in [-0.4, -0.2) is 160 Å². The van der Waals surface area contributed by atoms with Crippen LogP contribution in [0.25, 0.3) is 5.69 Å². The van der Waals surface area contributed by atoms with Gasteiger partial charge in [-0.1, -0.05) is 49.9 Å². The second kappa shape index (κ2) is 33.0. The number of hydrogen-bond donors (Lipinski definition) is 7. The highest BCUT2D eigenvalue weighted by Crippen LogP contribution is 2.33. The van der Waals surface area contributed by atoms with Gasteiger partial charge in [-0.3, -0.25) is 20.2 Å². The lowest BCUT2D eigenvalue weighted by Gasteiger charge is -2.14. The molecule has 0 spiro atoms. The third-order valence-corrected chi connectivity index (χ3v) is 10.6. The van der Waals surface area contributed by atoms with Crippen LogP contribution in [0.4, 0.5) is 22.6 Å². The van der Waals surface area contributed by atoms with E-state index in [2.05, 4.69) is 75.6 Å². The molecule has 0 radical (unpaired) electrons. The molecule has 7 N–H and O–H groups in total. The summed E-state index contributed by atoms with van der Waals surface area (Å²) in [6.45, 7) is 11.9. The number of rotatable bonds is 17. The summed E-state index contributed by atoms with van der Waals surface area (Å²) in [4.78, 5) is 88.7. The fourth-order valence-electron chi connectivity index (χ4n) is 4.83. The molecule has 78 heavy (non-hydrogen) atoms. The van der Waals surface area contributed by atoms with E-state index in [1.807, 2.05) is 46.9 Å². The van der Waals surface area contributed by atoms with Crippen molar-refractivity contribution in [1.29, 1.82) is 0 Å². The van der Waals surface area contributed by atoms with E-state index in [1.165, 1.54) is 69.7 Å². The van der Waals surface area contributed by atoms with E-state index in [9.17, 15) is 37.1 Å². The second-order valence-electron chi connectivity index (χ2n) is 16.9. The maximum atomic E-state index is 12.5. The van der Waals surface area contributed by atoms with Crippen LogP contribution in [0, 0.1) is 12.3 Å². The Morgan fingerprint density at radius 3 is 2.06 bits per heavy atom. The quantitative estimate of drug-likeness (QED) is 0.0393. The number of carboxylic acids is 1. The molecule has 5 aromatic rings. The van der Waals surface area contributed by atoms with Gasteiger partial charge in [0.15, 0.2) is 5.03 Å². The number of benzene rings is 1. The van der Waals surface area contributed by atoms with E-state index in [4.69, 9.17) is 69.9 Å². The predicted octanol–water partition coefficient (Wildman–Crippen LogP) is 3.98. The Hall–Kier alpha value is -6.55. The van der Waals surface area contributed by atoms with Gasteiger partial charge in [0, 0.05) is 44.4 Å². The van der Waals surface area contributed by atoms with E-state index in [-0.39, 0.29) is 51.2 Å². The summed E-state index contributed by atoms with van der Waals surface area (Å²) in [7, 11) is -2.56. The first-order valence-corrected chi connectivity index (χ1v) is 29.0. The van der Waals surface area contributed by atoms with Gasteiger partial charge in [-0.25, -0.2) is 19.3 Å². The van der Waals surface area contributed by atoms with Crippen molar-refractivity contribution in [2.24, 2.45) is 0 Å². The number of methoxy groups -OCH3 is 2. The zero-order chi connectivity index (χ0) is 59.7. The lowest BCUT2D eigenvalue weighted by atomic mass is 9.97. The summed E-state index contributed by atoms with van der Waals surface area (Å²) in [5.74, 6) is 1.47. The van der Waals surface area contributed by atoms with Gasteiger partial charge in [0.25, 0.3) is 15.9 Å². The van der Waals surface area contributed by atoms with Crippen LogP contribution in [0.2, 0.25) is 15.3 Å². The zero-order valence-corrected chi connectivity index (χ0v) is 49.5. The zero-order valence-electron chi connectivity index (χ0n) is 44.7. The highest BCUT2D eigenvalue weighted by atomic mass is 35.5. The molecule has 3 amide bonds. The molecule has 34 heteroatoms. The number of carbonyl (C=O) groups is 3. The number of anilines is 3. The molecule has 1 unspecified atom stereocenters. The number of halogens is 3. The molecule has 0 fully saturated rings. The van der Waals surface area contributed by atoms with Gasteiger partial charge in [-0.2, -0.15) is 38.0 Å². The van der Waals surface area contributed by atoms with Crippen LogP contribution < -0.4 is 50.8 Å². The Bertz CT molecular complexity index is 3020. The third-order valence-electron chi connectivity index (χ3n) is 7.89. The van der Waals surface area contributed by atoms with Gasteiger partial charge < -0.3 is 53.6 Å². The summed E-state index contributed by atoms with van der Waals surface area (Å²) in [6, 6.07) is 6.13. The molecule has 0 saturated heterocycles. The van der Waals surface area contributed by atoms with Crippen LogP contribution in [0.1, 0.15) is 57.8 Å².